The number of hydrogen-bond donors (Lipinski definition) is 1. The Morgan fingerprint density at radius 1 is 1.16 bits per heavy atom. The fourth-order valence-electron chi connectivity index (χ4n) is 3.33. The molecule has 0 bridgehead atoms. The van der Waals surface area contributed by atoms with Crippen molar-refractivity contribution in [3.8, 4) is 0 Å². The number of anilines is 1. The number of fused-ring (bicyclic) bond motifs is 3. The van der Waals surface area contributed by atoms with E-state index < -0.39 is 17.6 Å². The van der Waals surface area contributed by atoms with Crippen molar-refractivity contribution in [3.63, 3.8) is 0 Å². The molecule has 0 aliphatic carbocycles. The molecule has 0 aliphatic heterocycles. The zero-order valence-corrected chi connectivity index (χ0v) is 17.5. The van der Waals surface area contributed by atoms with E-state index in [4.69, 9.17) is 0 Å². The highest BCUT2D eigenvalue weighted by atomic mass is 32.2. The number of alkyl halides is 3. The second-order valence-electron chi connectivity index (χ2n) is 6.91. The van der Waals surface area contributed by atoms with Gasteiger partial charge in [0.15, 0.2) is 5.65 Å². The number of halogens is 3. The predicted molar refractivity (Wildman–Crippen MR) is 114 cm³/mol. The molecule has 10 heteroatoms. The smallest absolute Gasteiger partial charge is 0.327 e. The van der Waals surface area contributed by atoms with Crippen LogP contribution in [-0.2, 0) is 24.4 Å². The number of aromatic nitrogens is 4. The number of carbonyl (C=O) groups is 1. The van der Waals surface area contributed by atoms with Crippen molar-refractivity contribution < 1.29 is 18.0 Å². The molecule has 160 valence electrons. The zero-order valence-electron chi connectivity index (χ0n) is 16.7. The second-order valence-corrected chi connectivity index (χ2v) is 7.85. The lowest BCUT2D eigenvalue weighted by atomic mass is 10.1. The molecule has 6 nitrogen and oxygen atoms in total. The number of amides is 1. The summed E-state index contributed by atoms with van der Waals surface area (Å²) in [5, 5.41) is 11.9. The SMILES string of the molecule is CCc1ccc2c(c1)c1nnc(SCC(=O)Nc3ccccc3C(F)(F)F)nc1n2C. The molecule has 0 spiro atoms. The summed E-state index contributed by atoms with van der Waals surface area (Å²) in [5.74, 6) is -0.737. The van der Waals surface area contributed by atoms with Crippen LogP contribution in [-0.4, -0.2) is 31.4 Å². The molecule has 31 heavy (non-hydrogen) atoms. The third kappa shape index (κ3) is 4.20. The van der Waals surface area contributed by atoms with Gasteiger partial charge in [0.05, 0.1) is 22.5 Å². The van der Waals surface area contributed by atoms with Crippen LogP contribution in [0.15, 0.2) is 47.6 Å². The molecule has 1 N–H and O–H groups in total. The van der Waals surface area contributed by atoms with Crippen molar-refractivity contribution >= 4 is 45.4 Å². The first-order valence-corrected chi connectivity index (χ1v) is 10.5. The summed E-state index contributed by atoms with van der Waals surface area (Å²) in [4.78, 5) is 16.7. The highest BCUT2D eigenvalue weighted by Gasteiger charge is 2.33. The lowest BCUT2D eigenvalue weighted by molar-refractivity contribution is -0.137. The van der Waals surface area contributed by atoms with Gasteiger partial charge in [-0.25, -0.2) is 4.98 Å². The summed E-state index contributed by atoms with van der Waals surface area (Å²) in [6.45, 7) is 2.07. The van der Waals surface area contributed by atoms with Gasteiger partial charge in [0.25, 0.3) is 0 Å². The van der Waals surface area contributed by atoms with Gasteiger partial charge >= 0.3 is 6.18 Å². The van der Waals surface area contributed by atoms with Crippen molar-refractivity contribution in [1.29, 1.82) is 0 Å². The molecular formula is C21H18F3N5OS. The number of aryl methyl sites for hydroxylation is 2. The van der Waals surface area contributed by atoms with Crippen molar-refractivity contribution in [2.24, 2.45) is 7.05 Å². The highest BCUT2D eigenvalue weighted by molar-refractivity contribution is 7.99. The molecule has 0 saturated heterocycles. The monoisotopic (exact) mass is 445 g/mol. The molecule has 4 aromatic rings. The van der Waals surface area contributed by atoms with Crippen LogP contribution in [0.4, 0.5) is 18.9 Å². The number of carbonyl (C=O) groups excluding carboxylic acids is 1. The van der Waals surface area contributed by atoms with E-state index in [1.807, 2.05) is 23.7 Å². The summed E-state index contributed by atoms with van der Waals surface area (Å²) in [7, 11) is 1.88. The van der Waals surface area contributed by atoms with Gasteiger partial charge in [0, 0.05) is 12.4 Å². The summed E-state index contributed by atoms with van der Waals surface area (Å²) < 4.78 is 41.2. The molecule has 0 atom stereocenters. The Labute approximate surface area is 179 Å². The van der Waals surface area contributed by atoms with Crippen LogP contribution in [0.25, 0.3) is 22.1 Å². The highest BCUT2D eigenvalue weighted by Crippen LogP contribution is 2.34. The van der Waals surface area contributed by atoms with Crippen molar-refractivity contribution in [2.45, 2.75) is 24.7 Å². The van der Waals surface area contributed by atoms with Gasteiger partial charge in [-0.3, -0.25) is 4.79 Å². The summed E-state index contributed by atoms with van der Waals surface area (Å²) in [6.07, 6.45) is -3.66. The largest absolute Gasteiger partial charge is 0.418 e. The topological polar surface area (TPSA) is 72.7 Å². The van der Waals surface area contributed by atoms with E-state index in [2.05, 4.69) is 33.5 Å². The predicted octanol–water partition coefficient (Wildman–Crippen LogP) is 4.83. The fourth-order valence-corrected chi connectivity index (χ4v) is 3.91. The molecule has 1 amide bonds. The van der Waals surface area contributed by atoms with Crippen molar-refractivity contribution in [3.05, 3.63) is 53.6 Å². The van der Waals surface area contributed by atoms with E-state index in [9.17, 15) is 18.0 Å². The Balaban J connectivity index is 1.53. The number of nitrogens with one attached hydrogen (secondary N) is 1. The Kier molecular flexibility index (Phi) is 5.57. The van der Waals surface area contributed by atoms with Gasteiger partial charge in [0.2, 0.25) is 11.1 Å². The molecular weight excluding hydrogens is 427 g/mol. The number of para-hydroxylation sites is 1. The average Bonchev–Trinajstić information content (AvgIpc) is 3.03. The normalized spacial score (nSPS) is 11.9. The Hall–Kier alpha value is -3.14. The van der Waals surface area contributed by atoms with Crippen LogP contribution in [0.3, 0.4) is 0 Å². The Bertz CT molecular complexity index is 1290. The van der Waals surface area contributed by atoms with Crippen LogP contribution in [0.1, 0.15) is 18.1 Å². The van der Waals surface area contributed by atoms with Crippen LogP contribution in [0, 0.1) is 0 Å². The molecule has 0 radical (unpaired) electrons. The van der Waals surface area contributed by atoms with Gasteiger partial charge < -0.3 is 9.88 Å². The van der Waals surface area contributed by atoms with Gasteiger partial charge in [-0.05, 0) is 36.2 Å². The van der Waals surface area contributed by atoms with E-state index in [0.717, 1.165) is 35.2 Å². The molecule has 4 rings (SSSR count). The standard InChI is InChI=1S/C21H18F3N5OS/c1-3-12-8-9-16-13(10-12)18-19(29(16)2)26-20(28-27-18)31-11-17(30)25-15-7-5-4-6-14(15)21(22,23)24/h4-10H,3,11H2,1-2H3,(H,25,30). The van der Waals surface area contributed by atoms with E-state index in [1.165, 1.54) is 23.8 Å². The minimum Gasteiger partial charge on any atom is -0.327 e. The van der Waals surface area contributed by atoms with E-state index in [1.54, 1.807) is 0 Å². The minimum atomic E-state index is -4.55. The van der Waals surface area contributed by atoms with Crippen LogP contribution >= 0.6 is 11.8 Å². The Morgan fingerprint density at radius 2 is 1.94 bits per heavy atom. The number of rotatable bonds is 5. The summed E-state index contributed by atoms with van der Waals surface area (Å²) in [6, 6.07) is 11.0. The summed E-state index contributed by atoms with van der Waals surface area (Å²) in [5.41, 5.74) is 2.27. The number of benzene rings is 2. The molecule has 0 aliphatic rings. The lowest BCUT2D eigenvalue weighted by Crippen LogP contribution is -2.18. The number of hydrogen-bond acceptors (Lipinski definition) is 5. The first kappa shape index (κ1) is 21.1. The maximum absolute atomic E-state index is 13.1. The second kappa shape index (κ2) is 8.18. The van der Waals surface area contributed by atoms with Crippen LogP contribution in [0.5, 0.6) is 0 Å². The molecule has 2 heterocycles. The van der Waals surface area contributed by atoms with Gasteiger partial charge in [-0.1, -0.05) is 36.9 Å². The molecule has 2 aromatic heterocycles. The molecule has 0 saturated carbocycles. The minimum absolute atomic E-state index is 0.150. The van der Waals surface area contributed by atoms with Crippen molar-refractivity contribution in [2.75, 3.05) is 11.1 Å². The van der Waals surface area contributed by atoms with Gasteiger partial charge in [0.1, 0.15) is 5.52 Å². The quantitative estimate of drug-likeness (QED) is 0.446. The van der Waals surface area contributed by atoms with Gasteiger partial charge in [-0.15, -0.1) is 10.2 Å². The lowest BCUT2D eigenvalue weighted by Gasteiger charge is -2.13. The maximum atomic E-state index is 13.1. The number of nitrogens with zero attached hydrogens (tertiary/aromatic N) is 4. The van der Waals surface area contributed by atoms with E-state index in [0.29, 0.717) is 11.2 Å². The fraction of sp³-hybridized carbons (Fsp3) is 0.238. The Morgan fingerprint density at radius 3 is 2.68 bits per heavy atom. The zero-order chi connectivity index (χ0) is 22.2. The van der Waals surface area contributed by atoms with Crippen LogP contribution in [0.2, 0.25) is 0 Å². The molecule has 0 fully saturated rings. The van der Waals surface area contributed by atoms with Gasteiger partial charge in [-0.2, -0.15) is 13.2 Å². The third-order valence-corrected chi connectivity index (χ3v) is 5.73. The third-order valence-electron chi connectivity index (χ3n) is 4.89. The molecule has 0 unspecified atom stereocenters. The van der Waals surface area contributed by atoms with Crippen LogP contribution < -0.4 is 5.32 Å². The van der Waals surface area contributed by atoms with Crippen molar-refractivity contribution in [1.82, 2.24) is 19.7 Å². The number of thioether (sulfide) groups is 1. The first-order chi connectivity index (χ1) is 14.8. The summed E-state index contributed by atoms with van der Waals surface area (Å²) >= 11 is 1.01. The average molecular weight is 445 g/mol. The van der Waals surface area contributed by atoms with E-state index >= 15 is 0 Å². The first-order valence-electron chi connectivity index (χ1n) is 9.48. The molecule has 2 aromatic carbocycles. The van der Waals surface area contributed by atoms with E-state index in [-0.39, 0.29) is 16.6 Å². The maximum Gasteiger partial charge on any atom is 0.418 e.